The fourth-order valence-corrected chi connectivity index (χ4v) is 4.03. The van der Waals surface area contributed by atoms with Crippen molar-refractivity contribution in [1.82, 2.24) is 10.2 Å². The van der Waals surface area contributed by atoms with Gasteiger partial charge in [-0.05, 0) is 37.1 Å². The number of hydrogen-bond acceptors (Lipinski definition) is 5. The van der Waals surface area contributed by atoms with Gasteiger partial charge in [0.15, 0.2) is 11.5 Å². The van der Waals surface area contributed by atoms with Gasteiger partial charge < -0.3 is 14.8 Å². The Morgan fingerprint density at radius 2 is 2.20 bits per heavy atom. The van der Waals surface area contributed by atoms with Crippen molar-refractivity contribution < 1.29 is 14.3 Å². The number of nitrogens with one attached hydrogen (secondary N) is 1. The average molecular weight is 362 g/mol. The molecule has 0 unspecified atom stereocenters. The van der Waals surface area contributed by atoms with E-state index in [0.29, 0.717) is 25.6 Å². The molecular formula is C19H26N2O3S. The molecule has 6 heteroatoms. The van der Waals surface area contributed by atoms with Gasteiger partial charge in [-0.15, -0.1) is 18.3 Å². The van der Waals surface area contributed by atoms with E-state index in [-0.39, 0.29) is 5.91 Å². The van der Waals surface area contributed by atoms with Gasteiger partial charge in [0.25, 0.3) is 0 Å². The lowest BCUT2D eigenvalue weighted by Crippen LogP contribution is -2.31. The van der Waals surface area contributed by atoms with Crippen LogP contribution in [0.4, 0.5) is 0 Å². The SMILES string of the molecule is C=CCN1CC[C@@H](CNC(=O)CCSc2ccc3c(c2)OCCO3)C1. The largest absolute Gasteiger partial charge is 0.486 e. The van der Waals surface area contributed by atoms with E-state index >= 15 is 0 Å². The predicted octanol–water partition coefficient (Wildman–Crippen LogP) is 2.56. The van der Waals surface area contributed by atoms with E-state index in [1.54, 1.807) is 11.8 Å². The highest BCUT2D eigenvalue weighted by molar-refractivity contribution is 7.99. The number of carbonyl (C=O) groups excluding carboxylic acids is 1. The number of benzene rings is 1. The molecule has 2 heterocycles. The van der Waals surface area contributed by atoms with Crippen molar-refractivity contribution in [1.29, 1.82) is 0 Å². The van der Waals surface area contributed by atoms with Gasteiger partial charge in [-0.25, -0.2) is 0 Å². The zero-order valence-electron chi connectivity index (χ0n) is 14.5. The molecule has 0 radical (unpaired) electrons. The summed E-state index contributed by atoms with van der Waals surface area (Å²) in [6, 6.07) is 5.94. The maximum atomic E-state index is 12.0. The molecule has 1 aromatic rings. The van der Waals surface area contributed by atoms with Crippen molar-refractivity contribution in [3.8, 4) is 11.5 Å². The first-order chi connectivity index (χ1) is 12.2. The van der Waals surface area contributed by atoms with Crippen LogP contribution in [0.3, 0.4) is 0 Å². The number of amides is 1. The number of hydrogen-bond donors (Lipinski definition) is 1. The lowest BCUT2D eigenvalue weighted by atomic mass is 10.1. The van der Waals surface area contributed by atoms with Crippen LogP contribution in [0.2, 0.25) is 0 Å². The fraction of sp³-hybridized carbons (Fsp3) is 0.526. The summed E-state index contributed by atoms with van der Waals surface area (Å²) in [5.74, 6) is 3.06. The molecule has 0 aromatic heterocycles. The zero-order valence-corrected chi connectivity index (χ0v) is 15.4. The van der Waals surface area contributed by atoms with Crippen molar-refractivity contribution >= 4 is 17.7 Å². The Bertz CT molecular complexity index is 608. The maximum Gasteiger partial charge on any atom is 0.220 e. The van der Waals surface area contributed by atoms with Crippen molar-refractivity contribution in [3.63, 3.8) is 0 Å². The zero-order chi connectivity index (χ0) is 17.5. The van der Waals surface area contributed by atoms with Gasteiger partial charge in [0.2, 0.25) is 5.91 Å². The van der Waals surface area contributed by atoms with Gasteiger partial charge in [-0.1, -0.05) is 6.08 Å². The average Bonchev–Trinajstić information content (AvgIpc) is 3.08. The van der Waals surface area contributed by atoms with Crippen LogP contribution >= 0.6 is 11.8 Å². The van der Waals surface area contributed by atoms with E-state index in [1.165, 1.54) is 0 Å². The second-order valence-corrected chi connectivity index (χ2v) is 7.58. The minimum absolute atomic E-state index is 0.132. The molecule has 0 saturated carbocycles. The minimum atomic E-state index is 0.132. The van der Waals surface area contributed by atoms with E-state index in [1.807, 2.05) is 24.3 Å². The Balaban J connectivity index is 1.33. The molecule has 1 saturated heterocycles. The summed E-state index contributed by atoms with van der Waals surface area (Å²) < 4.78 is 11.1. The van der Waals surface area contributed by atoms with Crippen LogP contribution < -0.4 is 14.8 Å². The van der Waals surface area contributed by atoms with Crippen molar-refractivity contribution in [3.05, 3.63) is 30.9 Å². The van der Waals surface area contributed by atoms with Crippen LogP contribution in [0, 0.1) is 5.92 Å². The first-order valence-corrected chi connectivity index (χ1v) is 9.85. The summed E-state index contributed by atoms with van der Waals surface area (Å²) in [6.45, 7) is 8.85. The molecule has 1 aromatic carbocycles. The second kappa shape index (κ2) is 9.15. The summed E-state index contributed by atoms with van der Waals surface area (Å²) in [5.41, 5.74) is 0. The molecule has 1 N–H and O–H groups in total. The fourth-order valence-electron chi connectivity index (χ4n) is 3.15. The summed E-state index contributed by atoms with van der Waals surface area (Å²) in [4.78, 5) is 15.5. The van der Waals surface area contributed by atoms with Gasteiger partial charge in [0.05, 0.1) is 0 Å². The van der Waals surface area contributed by atoms with Crippen molar-refractivity contribution in [2.45, 2.75) is 17.7 Å². The summed E-state index contributed by atoms with van der Waals surface area (Å²) in [7, 11) is 0. The Kier molecular flexibility index (Phi) is 6.64. The molecule has 136 valence electrons. The van der Waals surface area contributed by atoms with E-state index in [2.05, 4.69) is 16.8 Å². The number of fused-ring (bicyclic) bond motifs is 1. The summed E-state index contributed by atoms with van der Waals surface area (Å²) in [5, 5.41) is 3.07. The molecule has 0 aliphatic carbocycles. The molecule has 25 heavy (non-hydrogen) atoms. The first-order valence-electron chi connectivity index (χ1n) is 8.87. The standard InChI is InChI=1S/C19H26N2O3S/c1-2-7-21-8-5-15(14-21)13-20-19(22)6-11-25-16-3-4-17-18(12-16)24-10-9-23-17/h2-4,12,15H,1,5-11,13-14H2,(H,20,22)/t15-/m0/s1. The van der Waals surface area contributed by atoms with Gasteiger partial charge in [0, 0.05) is 36.7 Å². The molecule has 0 spiro atoms. The molecule has 5 nitrogen and oxygen atoms in total. The third kappa shape index (κ3) is 5.41. The number of rotatable bonds is 8. The van der Waals surface area contributed by atoms with Crippen LogP contribution in [-0.4, -0.2) is 56.0 Å². The van der Waals surface area contributed by atoms with Crippen LogP contribution in [0.5, 0.6) is 11.5 Å². The lowest BCUT2D eigenvalue weighted by molar-refractivity contribution is -0.120. The van der Waals surface area contributed by atoms with Gasteiger partial charge in [-0.3, -0.25) is 9.69 Å². The Morgan fingerprint density at radius 1 is 1.36 bits per heavy atom. The van der Waals surface area contributed by atoms with E-state index in [0.717, 1.165) is 54.7 Å². The molecule has 1 atom stereocenters. The second-order valence-electron chi connectivity index (χ2n) is 6.41. The number of nitrogens with zero attached hydrogens (tertiary/aromatic N) is 1. The van der Waals surface area contributed by atoms with Crippen molar-refractivity contribution in [2.24, 2.45) is 5.92 Å². The molecular weight excluding hydrogens is 336 g/mol. The number of thioether (sulfide) groups is 1. The monoisotopic (exact) mass is 362 g/mol. The van der Waals surface area contributed by atoms with Gasteiger partial charge in [-0.2, -0.15) is 0 Å². The highest BCUT2D eigenvalue weighted by Gasteiger charge is 2.21. The van der Waals surface area contributed by atoms with Gasteiger partial charge in [0.1, 0.15) is 13.2 Å². The van der Waals surface area contributed by atoms with E-state index in [9.17, 15) is 4.79 Å². The molecule has 2 aliphatic heterocycles. The first kappa shape index (κ1) is 18.1. The Labute approximate surface area is 153 Å². The molecule has 2 aliphatic rings. The quantitative estimate of drug-likeness (QED) is 0.569. The molecule has 1 fully saturated rings. The highest BCUT2D eigenvalue weighted by Crippen LogP contribution is 2.34. The Hall–Kier alpha value is -1.66. The van der Waals surface area contributed by atoms with Crippen LogP contribution in [-0.2, 0) is 4.79 Å². The summed E-state index contributed by atoms with van der Waals surface area (Å²) >= 11 is 1.67. The number of carbonyl (C=O) groups is 1. The van der Waals surface area contributed by atoms with Crippen LogP contribution in [0.1, 0.15) is 12.8 Å². The van der Waals surface area contributed by atoms with E-state index < -0.39 is 0 Å². The Morgan fingerprint density at radius 3 is 3.04 bits per heavy atom. The van der Waals surface area contributed by atoms with Crippen molar-refractivity contribution in [2.75, 3.05) is 45.1 Å². The van der Waals surface area contributed by atoms with Crippen LogP contribution in [0.15, 0.2) is 35.7 Å². The molecule has 0 bridgehead atoms. The highest BCUT2D eigenvalue weighted by atomic mass is 32.2. The maximum absolute atomic E-state index is 12.0. The molecule has 1 amide bonds. The topological polar surface area (TPSA) is 50.8 Å². The van der Waals surface area contributed by atoms with Gasteiger partial charge >= 0.3 is 0 Å². The molecule has 3 rings (SSSR count). The normalized spacial score (nSPS) is 19.6. The number of ether oxygens (including phenoxy) is 2. The smallest absolute Gasteiger partial charge is 0.220 e. The predicted molar refractivity (Wildman–Crippen MR) is 101 cm³/mol. The minimum Gasteiger partial charge on any atom is -0.486 e. The number of likely N-dealkylation sites (tertiary alicyclic amines) is 1. The third-order valence-corrected chi connectivity index (χ3v) is 5.45. The third-order valence-electron chi connectivity index (χ3n) is 4.46. The lowest BCUT2D eigenvalue weighted by Gasteiger charge is -2.18. The van der Waals surface area contributed by atoms with Crippen LogP contribution in [0.25, 0.3) is 0 Å². The van der Waals surface area contributed by atoms with E-state index in [4.69, 9.17) is 9.47 Å². The summed E-state index contributed by atoms with van der Waals surface area (Å²) in [6.07, 6.45) is 3.62.